The minimum atomic E-state index is -2.32. The highest BCUT2D eigenvalue weighted by Gasteiger charge is 2.68. The van der Waals surface area contributed by atoms with Crippen LogP contribution in [-0.2, 0) is 15.9 Å². The van der Waals surface area contributed by atoms with E-state index < -0.39 is 16.8 Å². The summed E-state index contributed by atoms with van der Waals surface area (Å²) < 4.78 is -8.85. The van der Waals surface area contributed by atoms with E-state index in [1.807, 2.05) is 6.07 Å². The summed E-state index contributed by atoms with van der Waals surface area (Å²) in [6.07, 6.45) is 1.95. The predicted molar refractivity (Wildman–Crippen MR) is 107 cm³/mol. The van der Waals surface area contributed by atoms with Gasteiger partial charge in [-0.25, -0.2) is 5.11 Å². The maximum absolute atomic E-state index is 10.5. The summed E-state index contributed by atoms with van der Waals surface area (Å²) in [7, 11) is 0. The summed E-state index contributed by atoms with van der Waals surface area (Å²) >= 11 is 54.8. The average Bonchev–Trinajstić information content (AvgIpc) is 2.46. The van der Waals surface area contributed by atoms with Crippen molar-refractivity contribution in [2.75, 3.05) is 6.61 Å². The standard InChI is InChI=1S/C14H12Cl9O/c15-11(16,12(17,18)13(19,20)14(21,22)23)10-6-3-5-9(8-10)4-1-2-7-24/h3,5-6,8H,1-2,4,7H2. The number of alkyl halides is 9. The van der Waals surface area contributed by atoms with E-state index in [9.17, 15) is 5.11 Å². The molecule has 1 radical (unpaired) electrons. The number of aryl methyl sites for hydroxylation is 1. The molecule has 0 bridgehead atoms. The monoisotopic (exact) mass is 511 g/mol. The lowest BCUT2D eigenvalue weighted by atomic mass is 10.0. The van der Waals surface area contributed by atoms with Gasteiger partial charge >= 0.3 is 0 Å². The van der Waals surface area contributed by atoms with E-state index in [2.05, 4.69) is 0 Å². The molecule has 0 aliphatic rings. The minimum absolute atomic E-state index is 0.134. The number of halogens is 9. The third-order valence-electron chi connectivity index (χ3n) is 3.29. The van der Waals surface area contributed by atoms with Crippen molar-refractivity contribution in [1.29, 1.82) is 0 Å². The molecular weight excluding hydrogens is 503 g/mol. The average molecular weight is 515 g/mol. The molecule has 0 fully saturated rings. The quantitative estimate of drug-likeness (QED) is 0.261. The number of benzene rings is 1. The van der Waals surface area contributed by atoms with Crippen molar-refractivity contribution in [3.8, 4) is 0 Å². The summed E-state index contributed by atoms with van der Waals surface area (Å²) in [4.78, 5) is 0. The second kappa shape index (κ2) is 8.86. The van der Waals surface area contributed by atoms with Gasteiger partial charge in [0.1, 0.15) is 0 Å². The summed E-state index contributed by atoms with van der Waals surface area (Å²) in [5.41, 5.74) is 1.22. The Morgan fingerprint density at radius 3 is 1.88 bits per heavy atom. The zero-order valence-corrected chi connectivity index (χ0v) is 18.8. The number of hydrogen-bond donors (Lipinski definition) is 0. The molecule has 0 unspecified atom stereocenters. The van der Waals surface area contributed by atoms with Crippen LogP contribution in [-0.4, -0.2) is 19.1 Å². The molecule has 1 rings (SSSR count). The van der Waals surface area contributed by atoms with Gasteiger partial charge in [-0.15, -0.1) is 0 Å². The van der Waals surface area contributed by atoms with Crippen LogP contribution in [0.2, 0.25) is 0 Å². The van der Waals surface area contributed by atoms with E-state index in [1.165, 1.54) is 0 Å². The second-order valence-corrected chi connectivity index (χ2v) is 11.3. The Bertz CT molecular complexity index is 551. The summed E-state index contributed by atoms with van der Waals surface area (Å²) in [5, 5.41) is 10.5. The molecule has 137 valence electrons. The van der Waals surface area contributed by atoms with Crippen molar-refractivity contribution >= 4 is 104 Å². The maximum atomic E-state index is 10.5. The molecule has 0 spiro atoms. The van der Waals surface area contributed by atoms with E-state index in [0.29, 0.717) is 18.4 Å². The van der Waals surface area contributed by atoms with Crippen LogP contribution in [0.5, 0.6) is 0 Å². The molecule has 0 saturated carbocycles. The maximum Gasteiger partial charge on any atom is 0.226 e. The first-order valence-corrected chi connectivity index (χ1v) is 10.1. The van der Waals surface area contributed by atoms with Crippen molar-refractivity contribution < 1.29 is 5.11 Å². The van der Waals surface area contributed by atoms with Crippen LogP contribution in [0.4, 0.5) is 0 Å². The van der Waals surface area contributed by atoms with Crippen LogP contribution >= 0.6 is 104 Å². The van der Waals surface area contributed by atoms with Crippen molar-refractivity contribution in [1.82, 2.24) is 0 Å². The summed E-state index contributed by atoms with van der Waals surface area (Å²) in [5.74, 6) is 0. The van der Waals surface area contributed by atoms with Crippen LogP contribution in [0.1, 0.15) is 24.0 Å². The highest BCUT2D eigenvalue weighted by Crippen LogP contribution is 2.65. The van der Waals surface area contributed by atoms with Gasteiger partial charge in [0.15, 0.2) is 8.67 Å². The van der Waals surface area contributed by atoms with Crippen molar-refractivity contribution in [2.24, 2.45) is 0 Å². The second-order valence-electron chi connectivity index (χ2n) is 5.08. The van der Waals surface area contributed by atoms with Gasteiger partial charge in [0.05, 0.1) is 6.61 Å². The van der Waals surface area contributed by atoms with Crippen molar-refractivity contribution in [3.63, 3.8) is 0 Å². The third-order valence-corrected chi connectivity index (χ3v) is 8.77. The van der Waals surface area contributed by atoms with E-state index in [1.54, 1.807) is 18.2 Å². The Labute approximate surface area is 186 Å². The fraction of sp³-hybridized carbons (Fsp3) is 0.571. The lowest BCUT2D eigenvalue weighted by Gasteiger charge is -2.44. The SMILES string of the molecule is [O]CCCCc1cccc(C(Cl)(Cl)C(Cl)(Cl)C(Cl)(Cl)C(Cl)(Cl)Cl)c1. The number of unbranched alkanes of at least 4 members (excludes halogenated alkanes) is 1. The van der Waals surface area contributed by atoms with Gasteiger partial charge in [-0.05, 0) is 30.4 Å². The smallest absolute Gasteiger partial charge is 0.226 e. The van der Waals surface area contributed by atoms with Crippen LogP contribution in [0.25, 0.3) is 0 Å². The molecule has 0 saturated heterocycles. The minimum Gasteiger partial charge on any atom is -0.237 e. The van der Waals surface area contributed by atoms with Gasteiger partial charge in [0, 0.05) is 0 Å². The first-order chi connectivity index (χ1) is 10.8. The van der Waals surface area contributed by atoms with Crippen LogP contribution in [0.15, 0.2) is 24.3 Å². The molecule has 0 N–H and O–H groups in total. The molecule has 1 aromatic carbocycles. The van der Waals surface area contributed by atoms with E-state index in [4.69, 9.17) is 104 Å². The molecule has 0 aromatic heterocycles. The zero-order chi connectivity index (χ0) is 18.8. The van der Waals surface area contributed by atoms with E-state index >= 15 is 0 Å². The van der Waals surface area contributed by atoms with Gasteiger partial charge in [-0.2, -0.15) is 0 Å². The topological polar surface area (TPSA) is 19.9 Å². The Morgan fingerprint density at radius 1 is 0.792 bits per heavy atom. The van der Waals surface area contributed by atoms with Crippen LogP contribution in [0, 0.1) is 0 Å². The highest BCUT2D eigenvalue weighted by molar-refractivity contribution is 6.80. The van der Waals surface area contributed by atoms with Crippen LogP contribution < -0.4 is 0 Å². The molecule has 10 heteroatoms. The first kappa shape index (κ1) is 23.8. The molecule has 1 nitrogen and oxygen atoms in total. The van der Waals surface area contributed by atoms with Crippen molar-refractivity contribution in [2.45, 2.75) is 36.1 Å². The Kier molecular flexibility index (Phi) is 8.80. The largest absolute Gasteiger partial charge is 0.237 e. The van der Waals surface area contributed by atoms with E-state index in [0.717, 1.165) is 12.0 Å². The first-order valence-electron chi connectivity index (χ1n) is 6.66. The molecule has 0 amide bonds. The highest BCUT2D eigenvalue weighted by atomic mass is 35.6. The lowest BCUT2D eigenvalue weighted by molar-refractivity contribution is 0.187. The number of hydrogen-bond acceptors (Lipinski definition) is 0. The molecule has 0 heterocycles. The fourth-order valence-corrected chi connectivity index (χ4v) is 4.12. The molecule has 0 atom stereocenters. The van der Waals surface area contributed by atoms with Gasteiger partial charge in [-0.1, -0.05) is 129 Å². The molecular formula is C14H12Cl9O. The van der Waals surface area contributed by atoms with Gasteiger partial charge in [-0.3, -0.25) is 0 Å². The Hall–Kier alpha value is 1.79. The van der Waals surface area contributed by atoms with Crippen molar-refractivity contribution in [3.05, 3.63) is 35.4 Å². The van der Waals surface area contributed by atoms with Gasteiger partial charge in [0.25, 0.3) is 0 Å². The Balaban J connectivity index is 3.21. The zero-order valence-electron chi connectivity index (χ0n) is 11.9. The van der Waals surface area contributed by atoms with Gasteiger partial charge in [0.2, 0.25) is 8.13 Å². The number of rotatable bonds is 7. The summed E-state index contributed by atoms with van der Waals surface area (Å²) in [6, 6.07) is 6.85. The predicted octanol–water partition coefficient (Wildman–Crippen LogP) is 7.79. The normalized spacial score (nSPS) is 14.1. The fourth-order valence-electron chi connectivity index (χ4n) is 1.91. The molecule has 0 aliphatic carbocycles. The van der Waals surface area contributed by atoms with Gasteiger partial charge < -0.3 is 0 Å². The van der Waals surface area contributed by atoms with E-state index in [-0.39, 0.29) is 6.61 Å². The summed E-state index contributed by atoms with van der Waals surface area (Å²) in [6.45, 7) is -0.134. The Morgan fingerprint density at radius 2 is 1.38 bits per heavy atom. The lowest BCUT2D eigenvalue weighted by Crippen LogP contribution is -2.54. The van der Waals surface area contributed by atoms with Crippen LogP contribution in [0.3, 0.4) is 0 Å². The molecule has 24 heavy (non-hydrogen) atoms. The molecule has 1 aromatic rings. The third kappa shape index (κ3) is 4.98. The molecule has 0 aliphatic heterocycles.